The molecule has 0 saturated carbocycles. The van der Waals surface area contributed by atoms with E-state index in [9.17, 15) is 0 Å². The first kappa shape index (κ1) is 24.9. The monoisotopic (exact) mass is 564 g/mol. The van der Waals surface area contributed by atoms with E-state index in [2.05, 4.69) is 67.1 Å². The number of aromatic nitrogens is 6. The molecule has 33 heavy (non-hydrogen) atoms. The number of nitrogens with zero attached hydrogens (tertiary/aromatic N) is 8. The van der Waals surface area contributed by atoms with E-state index in [0.29, 0.717) is 6.54 Å². The first-order chi connectivity index (χ1) is 15.6. The van der Waals surface area contributed by atoms with Crippen molar-refractivity contribution in [2.24, 2.45) is 12.0 Å². The molecule has 1 unspecified atom stereocenters. The number of benzene rings is 1. The number of halogens is 1. The number of nitrogens with one attached hydrogen (secondary N) is 2. The number of aryl methyl sites for hydroxylation is 2. The van der Waals surface area contributed by atoms with E-state index < -0.39 is 0 Å². The summed E-state index contributed by atoms with van der Waals surface area (Å²) in [6, 6.07) is 10.7. The smallest absolute Gasteiger partial charge is 0.191 e. The molecule has 0 fully saturated rings. The molecule has 0 spiro atoms. The van der Waals surface area contributed by atoms with Gasteiger partial charge in [0.05, 0.1) is 6.54 Å². The molecule has 3 aromatic rings. The minimum atomic E-state index is 0. The van der Waals surface area contributed by atoms with Crippen molar-refractivity contribution in [2.45, 2.75) is 45.3 Å². The van der Waals surface area contributed by atoms with Crippen molar-refractivity contribution in [3.8, 4) is 0 Å². The summed E-state index contributed by atoms with van der Waals surface area (Å²) in [5, 5.41) is 19.8. The molecule has 1 atom stereocenters. The Morgan fingerprint density at radius 3 is 2.82 bits per heavy atom. The van der Waals surface area contributed by atoms with Gasteiger partial charge in [-0.3, -0.25) is 0 Å². The van der Waals surface area contributed by atoms with Crippen LogP contribution in [-0.2, 0) is 26.6 Å². The lowest BCUT2D eigenvalue weighted by molar-refractivity contribution is 0.392. The first-order valence-electron chi connectivity index (χ1n) is 11.1. The van der Waals surface area contributed by atoms with Crippen molar-refractivity contribution >= 4 is 35.6 Å². The van der Waals surface area contributed by atoms with Gasteiger partial charge in [-0.25, -0.2) is 14.7 Å². The lowest BCUT2D eigenvalue weighted by Gasteiger charge is -2.26. The number of guanidine groups is 1. The Morgan fingerprint density at radius 1 is 1.24 bits per heavy atom. The molecule has 2 aromatic heterocycles. The highest BCUT2D eigenvalue weighted by Gasteiger charge is 2.20. The molecule has 0 radical (unpaired) electrons. The number of rotatable bonds is 8. The van der Waals surface area contributed by atoms with Crippen molar-refractivity contribution in [2.75, 3.05) is 25.0 Å². The SMILES string of the molecule is Cc1nnc(CN=C(NCCCN(C)c2ccccc2)NC2CCc3ncnn3C2)n1C.I. The second kappa shape index (κ2) is 12.0. The molecule has 0 bridgehead atoms. The molecule has 1 aromatic carbocycles. The molecule has 0 aliphatic carbocycles. The van der Waals surface area contributed by atoms with Gasteiger partial charge in [0.1, 0.15) is 24.5 Å². The van der Waals surface area contributed by atoms with E-state index in [1.54, 1.807) is 6.33 Å². The quantitative estimate of drug-likeness (QED) is 0.187. The van der Waals surface area contributed by atoms with Crippen molar-refractivity contribution in [3.05, 3.63) is 54.1 Å². The van der Waals surface area contributed by atoms with Crippen LogP contribution in [0, 0.1) is 6.92 Å². The Balaban J connectivity index is 0.00000306. The lowest BCUT2D eigenvalue weighted by Crippen LogP contribution is -2.47. The fourth-order valence-electron chi connectivity index (χ4n) is 3.77. The van der Waals surface area contributed by atoms with Crippen LogP contribution in [-0.4, -0.2) is 61.7 Å². The summed E-state index contributed by atoms with van der Waals surface area (Å²) in [7, 11) is 4.09. The number of anilines is 1. The summed E-state index contributed by atoms with van der Waals surface area (Å²) in [5.74, 6) is 3.57. The summed E-state index contributed by atoms with van der Waals surface area (Å²) in [6.45, 7) is 4.98. The number of aliphatic imine (C=N–C) groups is 1. The van der Waals surface area contributed by atoms with Crippen LogP contribution >= 0.6 is 24.0 Å². The van der Waals surface area contributed by atoms with Crippen LogP contribution < -0.4 is 15.5 Å². The highest BCUT2D eigenvalue weighted by molar-refractivity contribution is 14.0. The van der Waals surface area contributed by atoms with E-state index in [1.807, 2.05) is 29.3 Å². The van der Waals surface area contributed by atoms with E-state index >= 15 is 0 Å². The normalized spacial score (nSPS) is 15.5. The number of para-hydroxylation sites is 1. The van der Waals surface area contributed by atoms with Gasteiger partial charge in [0.15, 0.2) is 11.8 Å². The molecule has 1 aliphatic heterocycles. The third kappa shape index (κ3) is 6.65. The molecule has 178 valence electrons. The van der Waals surface area contributed by atoms with Crippen LogP contribution in [0.15, 0.2) is 41.7 Å². The van der Waals surface area contributed by atoms with Crippen LogP contribution in [0.25, 0.3) is 0 Å². The van der Waals surface area contributed by atoms with E-state index in [4.69, 9.17) is 4.99 Å². The summed E-state index contributed by atoms with van der Waals surface area (Å²) < 4.78 is 3.94. The van der Waals surface area contributed by atoms with Gasteiger partial charge in [0.25, 0.3) is 0 Å². The molecule has 0 saturated heterocycles. The minimum Gasteiger partial charge on any atom is -0.375 e. The fraction of sp³-hybridized carbons (Fsp3) is 0.500. The van der Waals surface area contributed by atoms with Crippen molar-refractivity contribution in [1.82, 2.24) is 40.2 Å². The summed E-state index contributed by atoms with van der Waals surface area (Å²) in [5.41, 5.74) is 1.23. The predicted octanol–water partition coefficient (Wildman–Crippen LogP) is 1.91. The number of fused-ring (bicyclic) bond motifs is 1. The Bertz CT molecular complexity index is 1030. The van der Waals surface area contributed by atoms with Gasteiger partial charge < -0.3 is 20.1 Å². The maximum absolute atomic E-state index is 4.79. The Hall–Kier alpha value is -2.70. The van der Waals surface area contributed by atoms with Crippen LogP contribution in [0.1, 0.15) is 30.3 Å². The number of hydrogen-bond acceptors (Lipinski definition) is 6. The van der Waals surface area contributed by atoms with Crippen LogP contribution in [0.3, 0.4) is 0 Å². The maximum Gasteiger partial charge on any atom is 0.191 e. The van der Waals surface area contributed by atoms with Gasteiger partial charge in [0.2, 0.25) is 0 Å². The van der Waals surface area contributed by atoms with Gasteiger partial charge in [-0.15, -0.1) is 34.2 Å². The van der Waals surface area contributed by atoms with Gasteiger partial charge in [-0.2, -0.15) is 5.10 Å². The topological polar surface area (TPSA) is 101 Å². The zero-order valence-corrected chi connectivity index (χ0v) is 21.8. The Labute approximate surface area is 211 Å². The van der Waals surface area contributed by atoms with Gasteiger partial charge in [0, 0.05) is 45.3 Å². The van der Waals surface area contributed by atoms with Gasteiger partial charge in [-0.1, -0.05) is 18.2 Å². The Morgan fingerprint density at radius 2 is 2.06 bits per heavy atom. The largest absolute Gasteiger partial charge is 0.375 e. The minimum absolute atomic E-state index is 0. The van der Waals surface area contributed by atoms with Gasteiger partial charge >= 0.3 is 0 Å². The van der Waals surface area contributed by atoms with E-state index in [-0.39, 0.29) is 30.0 Å². The maximum atomic E-state index is 4.79. The molecule has 3 heterocycles. The highest BCUT2D eigenvalue weighted by Crippen LogP contribution is 2.12. The van der Waals surface area contributed by atoms with Crippen molar-refractivity contribution < 1.29 is 0 Å². The molecule has 1 aliphatic rings. The molecule has 0 amide bonds. The second-order valence-corrected chi connectivity index (χ2v) is 8.16. The standard InChI is InChI=1S/C22H32N10.HI/c1-17-28-29-21(31(17)3)14-24-22(27-18-10-11-20-25-16-26-32(20)15-18)23-12-7-13-30(2)19-8-5-4-6-9-19;/h4-6,8-9,16,18H,7,10-15H2,1-3H3,(H2,23,24,27);1H. The molecule has 4 rings (SSSR count). The number of hydrogen-bond donors (Lipinski definition) is 2. The predicted molar refractivity (Wildman–Crippen MR) is 140 cm³/mol. The summed E-state index contributed by atoms with van der Waals surface area (Å²) in [4.78, 5) is 11.4. The summed E-state index contributed by atoms with van der Waals surface area (Å²) >= 11 is 0. The first-order valence-corrected chi connectivity index (χ1v) is 11.1. The third-order valence-electron chi connectivity index (χ3n) is 5.87. The highest BCUT2D eigenvalue weighted by atomic mass is 127. The lowest BCUT2D eigenvalue weighted by atomic mass is 10.1. The molecule has 11 heteroatoms. The molecular formula is C22H33IN10. The van der Waals surface area contributed by atoms with Crippen molar-refractivity contribution in [1.29, 1.82) is 0 Å². The van der Waals surface area contributed by atoms with Gasteiger partial charge in [-0.05, 0) is 31.9 Å². The third-order valence-corrected chi connectivity index (χ3v) is 5.87. The molecular weight excluding hydrogens is 531 g/mol. The zero-order valence-electron chi connectivity index (χ0n) is 19.5. The van der Waals surface area contributed by atoms with Crippen molar-refractivity contribution in [3.63, 3.8) is 0 Å². The fourth-order valence-corrected chi connectivity index (χ4v) is 3.77. The van der Waals surface area contributed by atoms with Crippen LogP contribution in [0.2, 0.25) is 0 Å². The van der Waals surface area contributed by atoms with E-state index in [1.165, 1.54) is 5.69 Å². The average molecular weight is 564 g/mol. The Kier molecular flexibility index (Phi) is 9.03. The molecule has 2 N–H and O–H groups in total. The zero-order chi connectivity index (χ0) is 22.3. The molecule has 10 nitrogen and oxygen atoms in total. The van der Waals surface area contributed by atoms with Crippen LogP contribution in [0.4, 0.5) is 5.69 Å². The second-order valence-electron chi connectivity index (χ2n) is 8.16. The van der Waals surface area contributed by atoms with Crippen LogP contribution in [0.5, 0.6) is 0 Å². The average Bonchev–Trinajstić information content (AvgIpc) is 3.41. The summed E-state index contributed by atoms with van der Waals surface area (Å²) in [6.07, 6.45) is 4.53. The van der Waals surface area contributed by atoms with E-state index in [0.717, 1.165) is 62.3 Å².